The number of hydrogen-bond donors (Lipinski definition) is 2. The first-order valence-electron chi connectivity index (χ1n) is 9.29. The van der Waals surface area contributed by atoms with Gasteiger partial charge < -0.3 is 14.7 Å². The topological polar surface area (TPSA) is 29.2 Å². The zero-order valence-electron chi connectivity index (χ0n) is 14.7. The van der Waals surface area contributed by atoms with Crippen molar-refractivity contribution < 1.29 is 14.6 Å². The zero-order valence-corrected chi connectivity index (χ0v) is 15.4. The van der Waals surface area contributed by atoms with Gasteiger partial charge in [0.05, 0.1) is 0 Å². The van der Waals surface area contributed by atoms with E-state index >= 15 is 0 Å². The summed E-state index contributed by atoms with van der Waals surface area (Å²) in [6.07, 6.45) is 2.33. The monoisotopic (exact) mass is 351 g/mol. The Hall–Kier alpha value is -1.10. The minimum atomic E-state index is 0.357. The van der Waals surface area contributed by atoms with Crippen LogP contribution in [-0.4, -0.2) is 56.6 Å². The number of rotatable bonds is 4. The summed E-state index contributed by atoms with van der Waals surface area (Å²) in [5, 5.41) is 0.817. The Labute approximate surface area is 150 Å². The number of quaternary nitrogens is 2. The lowest BCUT2D eigenvalue weighted by Crippen LogP contribution is -3.28. The molecule has 0 bridgehead atoms. The third-order valence-electron chi connectivity index (χ3n) is 5.54. The number of nitrogens with one attached hydrogen (secondary N) is 2. The van der Waals surface area contributed by atoms with Crippen molar-refractivity contribution in [3.05, 3.63) is 34.9 Å². The number of benzene rings is 1. The van der Waals surface area contributed by atoms with Crippen LogP contribution in [0.1, 0.15) is 25.3 Å². The Bertz CT molecular complexity index is 549. The number of hydrogen-bond acceptors (Lipinski definition) is 1. The number of nitrogens with zero attached hydrogens (tertiary/aromatic N) is 1. The van der Waals surface area contributed by atoms with Gasteiger partial charge in [0.15, 0.2) is 6.54 Å². The number of carbonyl (C=O) groups is 1. The van der Waals surface area contributed by atoms with E-state index in [2.05, 4.69) is 24.0 Å². The molecule has 4 nitrogen and oxygen atoms in total. The van der Waals surface area contributed by atoms with Gasteiger partial charge in [0.1, 0.15) is 32.7 Å². The molecule has 2 heterocycles. The summed E-state index contributed by atoms with van der Waals surface area (Å²) >= 11 is 6.07. The molecule has 1 aromatic carbocycles. The van der Waals surface area contributed by atoms with Crippen LogP contribution < -0.4 is 9.80 Å². The van der Waals surface area contributed by atoms with E-state index in [0.717, 1.165) is 56.8 Å². The summed E-state index contributed by atoms with van der Waals surface area (Å²) in [6.45, 7) is 10.4. The van der Waals surface area contributed by atoms with E-state index in [0.29, 0.717) is 12.5 Å². The fourth-order valence-electron chi connectivity index (χ4n) is 3.83. The van der Waals surface area contributed by atoms with E-state index < -0.39 is 0 Å². The smallest absolute Gasteiger partial charge is 0.277 e. The molecule has 24 heavy (non-hydrogen) atoms. The lowest BCUT2D eigenvalue weighted by Gasteiger charge is -2.33. The highest BCUT2D eigenvalue weighted by Crippen LogP contribution is 2.15. The molecular weight excluding hydrogens is 322 g/mol. The molecule has 2 N–H and O–H groups in total. The van der Waals surface area contributed by atoms with Crippen LogP contribution in [-0.2, 0) is 11.3 Å². The molecule has 0 spiro atoms. The van der Waals surface area contributed by atoms with Crippen LogP contribution in [0.3, 0.4) is 0 Å². The predicted molar refractivity (Wildman–Crippen MR) is 96.4 cm³/mol. The number of piperidine rings is 1. The third-order valence-corrected chi connectivity index (χ3v) is 5.78. The van der Waals surface area contributed by atoms with E-state index in [9.17, 15) is 4.79 Å². The molecule has 2 aliphatic rings. The van der Waals surface area contributed by atoms with Crippen LogP contribution in [0.15, 0.2) is 24.3 Å². The summed E-state index contributed by atoms with van der Waals surface area (Å²) in [4.78, 5) is 17.6. The summed E-state index contributed by atoms with van der Waals surface area (Å²) in [7, 11) is 0. The summed E-state index contributed by atoms with van der Waals surface area (Å²) in [6, 6.07) is 8.17. The van der Waals surface area contributed by atoms with Gasteiger partial charge in [-0.15, -0.1) is 0 Å². The SMILES string of the molecule is CC1CCN(C(=O)C[NH+]2CC[NH+](Cc3cccc(Cl)c3)CC2)CC1. The molecule has 1 aromatic rings. The highest BCUT2D eigenvalue weighted by atomic mass is 35.5. The van der Waals surface area contributed by atoms with Crippen molar-refractivity contribution in [2.75, 3.05) is 45.8 Å². The van der Waals surface area contributed by atoms with Crippen LogP contribution in [0.25, 0.3) is 0 Å². The second-order valence-electron chi connectivity index (χ2n) is 7.55. The highest BCUT2D eigenvalue weighted by molar-refractivity contribution is 6.30. The van der Waals surface area contributed by atoms with Crippen LogP contribution in [0, 0.1) is 5.92 Å². The number of carbonyl (C=O) groups excluding carboxylic acids is 1. The summed E-state index contributed by atoms with van der Waals surface area (Å²) in [5.41, 5.74) is 1.31. The van der Waals surface area contributed by atoms with Crippen molar-refractivity contribution in [2.45, 2.75) is 26.3 Å². The molecule has 2 saturated heterocycles. The van der Waals surface area contributed by atoms with Crippen molar-refractivity contribution in [2.24, 2.45) is 5.92 Å². The first-order chi connectivity index (χ1) is 11.6. The Morgan fingerprint density at radius 1 is 1.17 bits per heavy atom. The van der Waals surface area contributed by atoms with E-state index in [1.54, 1.807) is 4.90 Å². The van der Waals surface area contributed by atoms with Gasteiger partial charge in [-0.1, -0.05) is 30.7 Å². The van der Waals surface area contributed by atoms with Crippen LogP contribution in [0.5, 0.6) is 0 Å². The van der Waals surface area contributed by atoms with Gasteiger partial charge in [-0.25, -0.2) is 0 Å². The first kappa shape index (κ1) is 17.7. The third kappa shape index (κ3) is 4.95. The Balaban J connectivity index is 1.41. The van der Waals surface area contributed by atoms with Gasteiger partial charge in [0.25, 0.3) is 5.91 Å². The zero-order chi connectivity index (χ0) is 16.9. The van der Waals surface area contributed by atoms with E-state index in [4.69, 9.17) is 11.6 Å². The van der Waals surface area contributed by atoms with E-state index in [1.165, 1.54) is 23.3 Å². The molecule has 2 fully saturated rings. The quantitative estimate of drug-likeness (QED) is 0.778. The van der Waals surface area contributed by atoms with Gasteiger partial charge in [-0.3, -0.25) is 4.79 Å². The molecule has 2 aliphatic heterocycles. The van der Waals surface area contributed by atoms with Crippen LogP contribution >= 0.6 is 11.6 Å². The molecule has 0 radical (unpaired) electrons. The molecule has 0 saturated carbocycles. The van der Waals surface area contributed by atoms with Crippen molar-refractivity contribution in [1.29, 1.82) is 0 Å². The maximum Gasteiger partial charge on any atom is 0.277 e. The molecular formula is C19H30ClN3O+2. The largest absolute Gasteiger partial charge is 0.338 e. The van der Waals surface area contributed by atoms with Gasteiger partial charge >= 0.3 is 0 Å². The highest BCUT2D eigenvalue weighted by Gasteiger charge is 2.28. The Morgan fingerprint density at radius 3 is 2.50 bits per heavy atom. The van der Waals surface area contributed by atoms with Gasteiger partial charge in [-0.2, -0.15) is 0 Å². The van der Waals surface area contributed by atoms with E-state index in [-0.39, 0.29) is 0 Å². The number of amides is 1. The second kappa shape index (κ2) is 8.32. The predicted octanol–water partition coefficient (Wildman–Crippen LogP) is -0.118. The number of piperazine rings is 1. The fraction of sp³-hybridized carbons (Fsp3) is 0.632. The van der Waals surface area contributed by atoms with Gasteiger partial charge in [-0.05, 0) is 30.9 Å². The van der Waals surface area contributed by atoms with Gasteiger partial charge in [0.2, 0.25) is 0 Å². The molecule has 1 amide bonds. The standard InChI is InChI=1S/C19H28ClN3O/c1-16-5-7-23(8-6-16)19(24)15-22-11-9-21(10-12-22)14-17-3-2-4-18(20)13-17/h2-4,13,16H,5-12,14-15H2,1H3/p+2. The molecule has 0 atom stereocenters. The Kier molecular flexibility index (Phi) is 6.14. The first-order valence-corrected chi connectivity index (χ1v) is 9.67. The minimum absolute atomic E-state index is 0.357. The number of halogens is 1. The van der Waals surface area contributed by atoms with Crippen molar-refractivity contribution in [1.82, 2.24) is 4.90 Å². The van der Waals surface area contributed by atoms with Crippen molar-refractivity contribution in [3.63, 3.8) is 0 Å². The summed E-state index contributed by atoms with van der Waals surface area (Å²) in [5.74, 6) is 1.13. The van der Waals surface area contributed by atoms with Gasteiger partial charge in [0, 0.05) is 23.7 Å². The average molecular weight is 352 g/mol. The molecule has 0 unspecified atom stereocenters. The molecule has 3 rings (SSSR count). The van der Waals surface area contributed by atoms with Crippen molar-refractivity contribution in [3.8, 4) is 0 Å². The van der Waals surface area contributed by atoms with Crippen LogP contribution in [0.2, 0.25) is 5.02 Å². The molecule has 0 aliphatic carbocycles. The van der Waals surface area contributed by atoms with Crippen LogP contribution in [0.4, 0.5) is 0 Å². The second-order valence-corrected chi connectivity index (χ2v) is 7.98. The summed E-state index contributed by atoms with van der Waals surface area (Å²) < 4.78 is 0. The number of likely N-dealkylation sites (tertiary alicyclic amines) is 1. The molecule has 5 heteroatoms. The minimum Gasteiger partial charge on any atom is -0.338 e. The normalized spacial score (nSPS) is 25.7. The average Bonchev–Trinajstić information content (AvgIpc) is 2.57. The lowest BCUT2D eigenvalue weighted by atomic mass is 9.99. The lowest BCUT2D eigenvalue weighted by molar-refractivity contribution is -1.02. The fourth-order valence-corrected chi connectivity index (χ4v) is 4.04. The van der Waals surface area contributed by atoms with E-state index in [1.807, 2.05) is 12.1 Å². The maximum absolute atomic E-state index is 12.5. The molecule has 132 valence electrons. The maximum atomic E-state index is 12.5. The Morgan fingerprint density at radius 2 is 1.83 bits per heavy atom. The van der Waals surface area contributed by atoms with Crippen molar-refractivity contribution >= 4 is 17.5 Å². The molecule has 0 aromatic heterocycles.